The zero-order chi connectivity index (χ0) is 7.78. The van der Waals surface area contributed by atoms with Gasteiger partial charge in [-0.05, 0) is 20.8 Å². The molecule has 1 aliphatic heterocycles. The third-order valence-corrected chi connectivity index (χ3v) is 2.03. The molecule has 1 heteroatoms. The molecule has 0 N–H and O–H groups in total. The van der Waals surface area contributed by atoms with Gasteiger partial charge in [0.15, 0.2) is 0 Å². The van der Waals surface area contributed by atoms with Crippen LogP contribution in [0.3, 0.4) is 0 Å². The predicted octanol–water partition coefficient (Wildman–Crippen LogP) is 2.38. The van der Waals surface area contributed by atoms with E-state index in [0.717, 1.165) is 0 Å². The topological polar surface area (TPSA) is 9.23 Å². The second-order valence-electron chi connectivity index (χ2n) is 3.64. The maximum absolute atomic E-state index is 5.70. The first-order valence-electron chi connectivity index (χ1n) is 3.88. The summed E-state index contributed by atoms with van der Waals surface area (Å²) >= 11 is 0. The molecule has 0 aromatic heterocycles. The van der Waals surface area contributed by atoms with Gasteiger partial charge >= 0.3 is 0 Å². The van der Waals surface area contributed by atoms with E-state index in [-0.39, 0.29) is 5.60 Å². The van der Waals surface area contributed by atoms with Crippen molar-refractivity contribution in [3.63, 3.8) is 0 Å². The highest BCUT2D eigenvalue weighted by Gasteiger charge is 2.25. The molecule has 0 aliphatic carbocycles. The highest BCUT2D eigenvalue weighted by atomic mass is 16.5. The van der Waals surface area contributed by atoms with E-state index < -0.39 is 0 Å². The molecule has 0 aromatic rings. The van der Waals surface area contributed by atoms with Crippen molar-refractivity contribution >= 4 is 0 Å². The van der Waals surface area contributed by atoms with Crippen molar-refractivity contribution in [2.45, 2.75) is 39.4 Å². The van der Waals surface area contributed by atoms with E-state index in [1.54, 1.807) is 0 Å². The predicted molar refractivity (Wildman–Crippen MR) is 42.9 cm³/mol. The van der Waals surface area contributed by atoms with Gasteiger partial charge in [-0.25, -0.2) is 0 Å². The first-order chi connectivity index (χ1) is 4.51. The van der Waals surface area contributed by atoms with Crippen molar-refractivity contribution in [1.82, 2.24) is 0 Å². The van der Waals surface area contributed by atoms with Crippen LogP contribution < -0.4 is 0 Å². The summed E-state index contributed by atoms with van der Waals surface area (Å²) in [5.41, 5.74) is -0.0497. The Hall–Kier alpha value is -0.300. The van der Waals surface area contributed by atoms with E-state index in [2.05, 4.69) is 39.8 Å². The molecule has 1 aliphatic rings. The van der Waals surface area contributed by atoms with Crippen LogP contribution in [0, 0.1) is 5.92 Å². The van der Waals surface area contributed by atoms with E-state index in [1.807, 2.05) is 0 Å². The highest BCUT2D eigenvalue weighted by molar-refractivity contribution is 5.04. The molecule has 1 heterocycles. The van der Waals surface area contributed by atoms with Crippen molar-refractivity contribution in [2.24, 2.45) is 5.92 Å². The van der Waals surface area contributed by atoms with Crippen molar-refractivity contribution in [3.8, 4) is 0 Å². The molecule has 0 bridgehead atoms. The van der Waals surface area contributed by atoms with Crippen molar-refractivity contribution < 1.29 is 4.74 Å². The Morgan fingerprint density at radius 2 is 1.90 bits per heavy atom. The van der Waals surface area contributed by atoms with Gasteiger partial charge in [-0.2, -0.15) is 0 Å². The SMILES string of the molecule is CC1C=CC(C)(C)OC1C. The van der Waals surface area contributed by atoms with Crippen LogP contribution in [0.15, 0.2) is 12.2 Å². The molecule has 1 nitrogen and oxygen atoms in total. The normalized spacial score (nSPS) is 38.0. The molecule has 0 fully saturated rings. The second-order valence-corrected chi connectivity index (χ2v) is 3.64. The lowest BCUT2D eigenvalue weighted by Crippen LogP contribution is -2.34. The molecule has 2 atom stereocenters. The Kier molecular flexibility index (Phi) is 1.86. The third-order valence-electron chi connectivity index (χ3n) is 2.03. The quantitative estimate of drug-likeness (QED) is 0.469. The molecule has 0 aromatic carbocycles. The van der Waals surface area contributed by atoms with Gasteiger partial charge in [0.1, 0.15) is 0 Å². The average Bonchev–Trinajstić information content (AvgIpc) is 1.79. The standard InChI is InChI=1S/C9H16O/c1-7-5-6-9(3,4)10-8(7)2/h5-8H,1-4H3. The molecule has 0 amide bonds. The first kappa shape index (κ1) is 7.80. The molecule has 10 heavy (non-hydrogen) atoms. The van der Waals surface area contributed by atoms with Gasteiger partial charge in [-0.3, -0.25) is 0 Å². The molecule has 58 valence electrons. The van der Waals surface area contributed by atoms with Gasteiger partial charge in [0.25, 0.3) is 0 Å². The number of ether oxygens (including phenoxy) is 1. The smallest absolute Gasteiger partial charge is 0.0810 e. The minimum absolute atomic E-state index is 0.0497. The maximum atomic E-state index is 5.70. The van der Waals surface area contributed by atoms with Gasteiger partial charge < -0.3 is 4.74 Å². The van der Waals surface area contributed by atoms with Crippen molar-refractivity contribution in [3.05, 3.63) is 12.2 Å². The Balaban J connectivity index is 2.69. The van der Waals surface area contributed by atoms with E-state index in [0.29, 0.717) is 12.0 Å². The van der Waals surface area contributed by atoms with E-state index in [1.165, 1.54) is 0 Å². The first-order valence-corrected chi connectivity index (χ1v) is 3.88. The molecule has 0 saturated carbocycles. The monoisotopic (exact) mass is 140 g/mol. The number of rotatable bonds is 0. The van der Waals surface area contributed by atoms with Crippen molar-refractivity contribution in [2.75, 3.05) is 0 Å². The van der Waals surface area contributed by atoms with Crippen molar-refractivity contribution in [1.29, 1.82) is 0 Å². The molecule has 0 radical (unpaired) electrons. The Labute approximate surface area is 63.1 Å². The molecule has 0 saturated heterocycles. The zero-order valence-electron chi connectivity index (χ0n) is 7.22. The fraction of sp³-hybridized carbons (Fsp3) is 0.778. The van der Waals surface area contributed by atoms with Crippen LogP contribution in [0.25, 0.3) is 0 Å². The van der Waals surface area contributed by atoms with Crippen LogP contribution in [-0.4, -0.2) is 11.7 Å². The van der Waals surface area contributed by atoms with Gasteiger partial charge in [0.2, 0.25) is 0 Å². The second kappa shape index (κ2) is 2.39. The van der Waals surface area contributed by atoms with Gasteiger partial charge in [-0.15, -0.1) is 0 Å². The Morgan fingerprint density at radius 1 is 1.30 bits per heavy atom. The summed E-state index contributed by atoms with van der Waals surface area (Å²) < 4.78 is 5.70. The summed E-state index contributed by atoms with van der Waals surface area (Å²) in [5, 5.41) is 0. The fourth-order valence-electron chi connectivity index (χ4n) is 1.17. The average molecular weight is 140 g/mol. The van der Waals surface area contributed by atoms with E-state index in [9.17, 15) is 0 Å². The fourth-order valence-corrected chi connectivity index (χ4v) is 1.17. The van der Waals surface area contributed by atoms with Gasteiger partial charge in [0.05, 0.1) is 11.7 Å². The minimum Gasteiger partial charge on any atom is -0.368 e. The summed E-state index contributed by atoms with van der Waals surface area (Å²) in [6.45, 7) is 8.48. The molecule has 1 rings (SSSR count). The number of hydrogen-bond donors (Lipinski definition) is 0. The third kappa shape index (κ3) is 1.60. The lowest BCUT2D eigenvalue weighted by atomic mass is 9.96. The van der Waals surface area contributed by atoms with Crippen LogP contribution in [-0.2, 0) is 4.74 Å². The van der Waals surface area contributed by atoms with Crippen LogP contribution in [0.5, 0.6) is 0 Å². The van der Waals surface area contributed by atoms with E-state index in [4.69, 9.17) is 4.74 Å². The Bertz CT molecular complexity index is 147. The lowest BCUT2D eigenvalue weighted by molar-refractivity contribution is -0.0580. The summed E-state index contributed by atoms with van der Waals surface area (Å²) in [7, 11) is 0. The Morgan fingerprint density at radius 3 is 2.30 bits per heavy atom. The zero-order valence-corrected chi connectivity index (χ0v) is 7.22. The largest absolute Gasteiger partial charge is 0.368 e. The van der Waals surface area contributed by atoms with Crippen LogP contribution in [0.2, 0.25) is 0 Å². The van der Waals surface area contributed by atoms with E-state index >= 15 is 0 Å². The molecular formula is C9H16O. The minimum atomic E-state index is -0.0497. The number of hydrogen-bond acceptors (Lipinski definition) is 1. The maximum Gasteiger partial charge on any atom is 0.0810 e. The van der Waals surface area contributed by atoms with Crippen LogP contribution in [0.4, 0.5) is 0 Å². The molecular weight excluding hydrogens is 124 g/mol. The highest BCUT2D eigenvalue weighted by Crippen LogP contribution is 2.24. The lowest BCUT2D eigenvalue weighted by Gasteiger charge is -2.33. The van der Waals surface area contributed by atoms with Crippen LogP contribution in [0.1, 0.15) is 27.7 Å². The summed E-state index contributed by atoms with van der Waals surface area (Å²) in [6.07, 6.45) is 4.73. The molecule has 0 spiro atoms. The summed E-state index contributed by atoms with van der Waals surface area (Å²) in [6, 6.07) is 0. The summed E-state index contributed by atoms with van der Waals surface area (Å²) in [4.78, 5) is 0. The molecule has 2 unspecified atom stereocenters. The summed E-state index contributed by atoms with van der Waals surface area (Å²) in [5.74, 6) is 0.563. The van der Waals surface area contributed by atoms with Crippen LogP contribution >= 0.6 is 0 Å². The van der Waals surface area contributed by atoms with Gasteiger partial charge in [0, 0.05) is 5.92 Å². The van der Waals surface area contributed by atoms with Gasteiger partial charge in [-0.1, -0.05) is 19.1 Å².